The number of hydrogen-bond acceptors (Lipinski definition) is 3. The molecule has 0 aliphatic heterocycles. The van der Waals surface area contributed by atoms with Gasteiger partial charge in [-0.3, -0.25) is 0 Å². The number of anilines is 1. The van der Waals surface area contributed by atoms with Crippen molar-refractivity contribution in [1.29, 1.82) is 0 Å². The monoisotopic (exact) mass is 346 g/mol. The van der Waals surface area contributed by atoms with Crippen LogP contribution in [-0.4, -0.2) is 11.5 Å². The van der Waals surface area contributed by atoms with E-state index in [9.17, 15) is 0 Å². The zero-order valence-electron chi connectivity index (χ0n) is 11.1. The number of nitrogens with one attached hydrogen (secondary N) is 1. The average Bonchev–Trinajstić information content (AvgIpc) is 2.87. The highest BCUT2D eigenvalue weighted by atomic mass is 79.9. The summed E-state index contributed by atoms with van der Waals surface area (Å²) in [5.74, 6) is 0.468. The Kier molecular flexibility index (Phi) is 4.03. The van der Waals surface area contributed by atoms with Gasteiger partial charge in [-0.05, 0) is 29.7 Å². The normalized spacial score (nSPS) is 12.5. The van der Waals surface area contributed by atoms with Crippen molar-refractivity contribution in [3.8, 4) is 0 Å². The number of rotatable bonds is 4. The first-order chi connectivity index (χ1) is 9.72. The minimum atomic E-state index is 0.468. The molecule has 1 N–H and O–H groups in total. The maximum absolute atomic E-state index is 4.61. The molecule has 0 fully saturated rings. The lowest BCUT2D eigenvalue weighted by Crippen LogP contribution is -2.09. The Bertz CT molecular complexity index is 709. The van der Waals surface area contributed by atoms with Gasteiger partial charge in [0.15, 0.2) is 5.13 Å². The van der Waals surface area contributed by atoms with E-state index in [1.807, 2.05) is 12.1 Å². The first-order valence-corrected chi connectivity index (χ1v) is 8.18. The quantitative estimate of drug-likeness (QED) is 0.695. The van der Waals surface area contributed by atoms with Crippen LogP contribution in [0.1, 0.15) is 18.4 Å². The molecule has 1 unspecified atom stereocenters. The molecule has 2 nitrogen and oxygen atoms in total. The summed E-state index contributed by atoms with van der Waals surface area (Å²) in [6, 6.07) is 16.7. The number of aromatic nitrogens is 1. The summed E-state index contributed by atoms with van der Waals surface area (Å²) in [5, 5.41) is 4.43. The van der Waals surface area contributed by atoms with Crippen molar-refractivity contribution in [3.05, 3.63) is 58.6 Å². The summed E-state index contributed by atoms with van der Waals surface area (Å²) in [4.78, 5) is 4.61. The van der Waals surface area contributed by atoms with Crippen LogP contribution in [0, 0.1) is 0 Å². The van der Waals surface area contributed by atoms with Crippen molar-refractivity contribution in [2.75, 3.05) is 11.9 Å². The minimum absolute atomic E-state index is 0.468. The summed E-state index contributed by atoms with van der Waals surface area (Å²) < 4.78 is 2.30. The average molecular weight is 347 g/mol. The minimum Gasteiger partial charge on any atom is -0.361 e. The lowest BCUT2D eigenvalue weighted by molar-refractivity contribution is 0.804. The van der Waals surface area contributed by atoms with Crippen LogP contribution in [0.4, 0.5) is 5.13 Å². The van der Waals surface area contributed by atoms with Gasteiger partial charge in [0.25, 0.3) is 0 Å². The van der Waals surface area contributed by atoms with Gasteiger partial charge in [-0.1, -0.05) is 64.5 Å². The highest BCUT2D eigenvalue weighted by molar-refractivity contribution is 9.10. The second-order valence-corrected chi connectivity index (χ2v) is 6.77. The van der Waals surface area contributed by atoms with Crippen molar-refractivity contribution in [1.82, 2.24) is 4.98 Å². The summed E-state index contributed by atoms with van der Waals surface area (Å²) in [7, 11) is 0. The van der Waals surface area contributed by atoms with Crippen LogP contribution >= 0.6 is 27.3 Å². The fourth-order valence-electron chi connectivity index (χ4n) is 2.11. The van der Waals surface area contributed by atoms with Crippen molar-refractivity contribution >= 4 is 42.6 Å². The number of halogens is 1. The predicted octanol–water partition coefficient (Wildman–Crippen LogP) is 5.27. The van der Waals surface area contributed by atoms with E-state index < -0.39 is 0 Å². The zero-order valence-corrected chi connectivity index (χ0v) is 13.5. The number of nitrogens with zero attached hydrogens (tertiary/aromatic N) is 1. The second kappa shape index (κ2) is 5.94. The lowest BCUT2D eigenvalue weighted by atomic mass is 10.0. The number of fused-ring (bicyclic) bond motifs is 1. The van der Waals surface area contributed by atoms with Gasteiger partial charge in [-0.15, -0.1) is 0 Å². The molecule has 3 aromatic rings. The maximum Gasteiger partial charge on any atom is 0.183 e. The Morgan fingerprint density at radius 2 is 2.00 bits per heavy atom. The summed E-state index contributed by atoms with van der Waals surface area (Å²) in [6.07, 6.45) is 0. The number of hydrogen-bond donors (Lipinski definition) is 1. The third-order valence-electron chi connectivity index (χ3n) is 3.28. The molecule has 0 aliphatic carbocycles. The number of benzene rings is 2. The van der Waals surface area contributed by atoms with Gasteiger partial charge in [-0.2, -0.15) is 0 Å². The molecule has 3 rings (SSSR count). The Labute approximate surface area is 131 Å². The standard InChI is InChI=1S/C16H15BrN2S/c1-11(12-5-3-2-4-6-12)10-18-16-19-14-8-7-13(17)9-15(14)20-16/h2-9,11H,10H2,1H3,(H,18,19). The molecule has 1 heterocycles. The molecule has 0 aliphatic rings. The van der Waals surface area contributed by atoms with E-state index in [4.69, 9.17) is 0 Å². The molecule has 0 amide bonds. The van der Waals surface area contributed by atoms with Crippen LogP contribution in [0.3, 0.4) is 0 Å². The predicted molar refractivity (Wildman–Crippen MR) is 90.7 cm³/mol. The van der Waals surface area contributed by atoms with E-state index in [-0.39, 0.29) is 0 Å². The van der Waals surface area contributed by atoms with Crippen molar-refractivity contribution in [2.24, 2.45) is 0 Å². The van der Waals surface area contributed by atoms with Crippen LogP contribution in [0.15, 0.2) is 53.0 Å². The molecule has 2 aromatic carbocycles. The smallest absolute Gasteiger partial charge is 0.183 e. The third kappa shape index (κ3) is 3.02. The molecule has 102 valence electrons. The first kappa shape index (κ1) is 13.6. The highest BCUT2D eigenvalue weighted by Gasteiger charge is 2.07. The highest BCUT2D eigenvalue weighted by Crippen LogP contribution is 2.29. The van der Waals surface area contributed by atoms with Gasteiger partial charge in [0.05, 0.1) is 10.2 Å². The largest absolute Gasteiger partial charge is 0.361 e. The molecule has 0 saturated heterocycles. The van der Waals surface area contributed by atoms with Gasteiger partial charge in [0, 0.05) is 11.0 Å². The molecular weight excluding hydrogens is 332 g/mol. The molecule has 0 bridgehead atoms. The topological polar surface area (TPSA) is 24.9 Å². The van der Waals surface area contributed by atoms with Crippen molar-refractivity contribution in [2.45, 2.75) is 12.8 Å². The summed E-state index contributed by atoms with van der Waals surface area (Å²) in [6.45, 7) is 3.12. The van der Waals surface area contributed by atoms with Crippen LogP contribution in [0.25, 0.3) is 10.2 Å². The van der Waals surface area contributed by atoms with Crippen molar-refractivity contribution < 1.29 is 0 Å². The molecule has 4 heteroatoms. The molecule has 1 aromatic heterocycles. The van der Waals surface area contributed by atoms with Crippen LogP contribution in [0.5, 0.6) is 0 Å². The Balaban J connectivity index is 1.71. The summed E-state index contributed by atoms with van der Waals surface area (Å²) >= 11 is 5.19. The van der Waals surface area contributed by atoms with Gasteiger partial charge >= 0.3 is 0 Å². The summed E-state index contributed by atoms with van der Waals surface area (Å²) in [5.41, 5.74) is 2.40. The van der Waals surface area contributed by atoms with Crippen molar-refractivity contribution in [3.63, 3.8) is 0 Å². The Morgan fingerprint density at radius 3 is 2.80 bits per heavy atom. The molecule has 1 atom stereocenters. The van der Waals surface area contributed by atoms with E-state index >= 15 is 0 Å². The third-order valence-corrected chi connectivity index (χ3v) is 4.75. The van der Waals surface area contributed by atoms with E-state index in [1.54, 1.807) is 11.3 Å². The van der Waals surface area contributed by atoms with Crippen LogP contribution in [-0.2, 0) is 0 Å². The molecule has 20 heavy (non-hydrogen) atoms. The van der Waals surface area contributed by atoms with E-state index in [0.717, 1.165) is 21.7 Å². The van der Waals surface area contributed by atoms with E-state index in [2.05, 4.69) is 69.6 Å². The van der Waals surface area contributed by atoms with Gasteiger partial charge in [-0.25, -0.2) is 4.98 Å². The van der Waals surface area contributed by atoms with Crippen LogP contribution < -0.4 is 5.32 Å². The fraction of sp³-hybridized carbons (Fsp3) is 0.188. The Morgan fingerprint density at radius 1 is 1.20 bits per heavy atom. The lowest BCUT2D eigenvalue weighted by Gasteiger charge is -2.11. The number of thiazole rings is 1. The molecule has 0 radical (unpaired) electrons. The van der Waals surface area contributed by atoms with E-state index in [1.165, 1.54) is 10.3 Å². The SMILES string of the molecule is CC(CNc1nc2ccc(Br)cc2s1)c1ccccc1. The molecule has 0 saturated carbocycles. The maximum atomic E-state index is 4.61. The molecule has 0 spiro atoms. The van der Waals surface area contributed by atoms with E-state index in [0.29, 0.717) is 5.92 Å². The van der Waals surface area contributed by atoms with Gasteiger partial charge in [0.2, 0.25) is 0 Å². The second-order valence-electron chi connectivity index (χ2n) is 4.82. The van der Waals surface area contributed by atoms with Gasteiger partial charge in [0.1, 0.15) is 0 Å². The Hall–Kier alpha value is -1.39. The molecular formula is C16H15BrN2S. The van der Waals surface area contributed by atoms with Crippen LogP contribution in [0.2, 0.25) is 0 Å². The zero-order chi connectivity index (χ0) is 13.9. The first-order valence-electron chi connectivity index (χ1n) is 6.57. The van der Waals surface area contributed by atoms with Gasteiger partial charge < -0.3 is 5.32 Å². The fourth-order valence-corrected chi connectivity index (χ4v) is 3.54.